The topological polar surface area (TPSA) is 20.2 Å². The van der Waals surface area contributed by atoms with Gasteiger partial charge in [0.25, 0.3) is 0 Å². The Balaban J connectivity index is 1.69. The molecule has 2 unspecified atom stereocenters. The molecule has 2 fully saturated rings. The summed E-state index contributed by atoms with van der Waals surface area (Å²) in [7, 11) is 0. The van der Waals surface area contributed by atoms with E-state index in [1.807, 2.05) is 0 Å². The number of aliphatic hydroxyl groups excluding tert-OH is 1. The average molecular weight is 150 g/mol. The number of rotatable bonds is 1. The van der Waals surface area contributed by atoms with E-state index in [9.17, 15) is 5.11 Å². The van der Waals surface area contributed by atoms with Gasteiger partial charge in [0, 0.05) is 12.3 Å². The number of hydrogen-bond acceptors (Lipinski definition) is 1. The van der Waals surface area contributed by atoms with Crippen LogP contribution < -0.4 is 0 Å². The fourth-order valence-corrected chi connectivity index (χ4v) is 1.35. The van der Waals surface area contributed by atoms with E-state index >= 15 is 0 Å². The fourth-order valence-electron chi connectivity index (χ4n) is 1.35. The van der Waals surface area contributed by atoms with Gasteiger partial charge in [0.2, 0.25) is 0 Å². The molecular weight excluding hydrogens is 136 g/mol. The van der Waals surface area contributed by atoms with Gasteiger partial charge in [0.1, 0.15) is 0 Å². The number of hydrogen-bond donors (Lipinski definition) is 1. The maximum atomic E-state index is 9.22. The predicted molar refractivity (Wildman–Crippen MR) is 43.8 cm³/mol. The molecule has 2 saturated carbocycles. The van der Waals surface area contributed by atoms with E-state index in [1.165, 1.54) is 19.3 Å². The first-order chi connectivity index (χ1) is 5.36. The zero-order chi connectivity index (χ0) is 7.68. The van der Waals surface area contributed by atoms with Crippen molar-refractivity contribution in [3.63, 3.8) is 0 Å². The Morgan fingerprint density at radius 2 is 2.00 bits per heavy atom. The SMILES string of the molecule is OC1CCC1CC#CC1CC1. The molecule has 0 saturated heterocycles. The van der Waals surface area contributed by atoms with Crippen molar-refractivity contribution in [2.45, 2.75) is 38.2 Å². The van der Waals surface area contributed by atoms with E-state index in [1.54, 1.807) is 0 Å². The van der Waals surface area contributed by atoms with E-state index in [0.717, 1.165) is 12.8 Å². The minimum Gasteiger partial charge on any atom is -0.393 e. The molecule has 1 nitrogen and oxygen atoms in total. The first-order valence-corrected chi connectivity index (χ1v) is 4.53. The summed E-state index contributed by atoms with van der Waals surface area (Å²) in [5.74, 6) is 7.60. The summed E-state index contributed by atoms with van der Waals surface area (Å²) in [5, 5.41) is 9.22. The zero-order valence-corrected chi connectivity index (χ0v) is 6.71. The van der Waals surface area contributed by atoms with Crippen LogP contribution >= 0.6 is 0 Å². The van der Waals surface area contributed by atoms with E-state index < -0.39 is 0 Å². The minimum atomic E-state index is -0.0384. The van der Waals surface area contributed by atoms with Gasteiger partial charge in [-0.05, 0) is 31.6 Å². The molecule has 0 aliphatic heterocycles. The van der Waals surface area contributed by atoms with Gasteiger partial charge in [-0.15, -0.1) is 5.92 Å². The van der Waals surface area contributed by atoms with Crippen molar-refractivity contribution in [3.8, 4) is 11.8 Å². The van der Waals surface area contributed by atoms with Crippen LogP contribution in [0.2, 0.25) is 0 Å². The lowest BCUT2D eigenvalue weighted by Gasteiger charge is -2.30. The van der Waals surface area contributed by atoms with Crippen molar-refractivity contribution in [2.24, 2.45) is 11.8 Å². The Bertz CT molecular complexity index is 195. The van der Waals surface area contributed by atoms with Crippen LogP contribution in [-0.4, -0.2) is 11.2 Å². The lowest BCUT2D eigenvalue weighted by molar-refractivity contribution is 0.0270. The molecule has 0 spiro atoms. The first-order valence-electron chi connectivity index (χ1n) is 4.53. The van der Waals surface area contributed by atoms with E-state index in [0.29, 0.717) is 11.8 Å². The standard InChI is InChI=1S/C10H14O/c11-10-7-6-9(10)3-1-2-8-4-5-8/h8-11H,3-7H2. The average Bonchev–Trinajstić information content (AvgIpc) is 2.78. The molecule has 0 heterocycles. The third kappa shape index (κ3) is 1.75. The van der Waals surface area contributed by atoms with Crippen LogP contribution in [0.15, 0.2) is 0 Å². The summed E-state index contributed by atoms with van der Waals surface area (Å²) in [4.78, 5) is 0. The Labute approximate surface area is 67.8 Å². The molecule has 0 amide bonds. The number of aliphatic hydroxyl groups is 1. The molecule has 2 aliphatic rings. The smallest absolute Gasteiger partial charge is 0.0577 e. The first kappa shape index (κ1) is 7.18. The predicted octanol–water partition coefficient (Wildman–Crippen LogP) is 1.56. The maximum Gasteiger partial charge on any atom is 0.0577 e. The molecule has 0 aromatic heterocycles. The molecular formula is C10H14O. The molecule has 0 aromatic carbocycles. The highest BCUT2D eigenvalue weighted by Crippen LogP contribution is 2.31. The minimum absolute atomic E-state index is 0.0384. The molecule has 1 heteroatoms. The molecule has 11 heavy (non-hydrogen) atoms. The van der Waals surface area contributed by atoms with Gasteiger partial charge < -0.3 is 5.11 Å². The summed E-state index contributed by atoms with van der Waals surface area (Å²) < 4.78 is 0. The zero-order valence-electron chi connectivity index (χ0n) is 6.71. The monoisotopic (exact) mass is 150 g/mol. The normalized spacial score (nSPS) is 35.4. The maximum absolute atomic E-state index is 9.22. The molecule has 0 radical (unpaired) electrons. The van der Waals surface area contributed by atoms with Crippen LogP contribution in [0.3, 0.4) is 0 Å². The van der Waals surface area contributed by atoms with E-state index in [-0.39, 0.29) is 6.10 Å². The van der Waals surface area contributed by atoms with Crippen LogP contribution in [0, 0.1) is 23.7 Å². The van der Waals surface area contributed by atoms with Gasteiger partial charge in [0.15, 0.2) is 0 Å². The Morgan fingerprint density at radius 3 is 2.45 bits per heavy atom. The summed E-state index contributed by atoms with van der Waals surface area (Å²) >= 11 is 0. The van der Waals surface area contributed by atoms with E-state index in [2.05, 4.69) is 11.8 Å². The van der Waals surface area contributed by atoms with Crippen molar-refractivity contribution >= 4 is 0 Å². The Kier molecular flexibility index (Phi) is 1.87. The van der Waals surface area contributed by atoms with Crippen LogP contribution in [0.1, 0.15) is 32.1 Å². The van der Waals surface area contributed by atoms with Crippen molar-refractivity contribution < 1.29 is 5.11 Å². The third-order valence-corrected chi connectivity index (χ3v) is 2.63. The van der Waals surface area contributed by atoms with Crippen molar-refractivity contribution in [1.29, 1.82) is 0 Å². The van der Waals surface area contributed by atoms with E-state index in [4.69, 9.17) is 0 Å². The van der Waals surface area contributed by atoms with Crippen LogP contribution in [-0.2, 0) is 0 Å². The second kappa shape index (κ2) is 2.87. The largest absolute Gasteiger partial charge is 0.393 e. The molecule has 0 bridgehead atoms. The quantitative estimate of drug-likeness (QED) is 0.562. The molecule has 0 aromatic rings. The molecule has 1 N–H and O–H groups in total. The van der Waals surface area contributed by atoms with Crippen molar-refractivity contribution in [3.05, 3.63) is 0 Å². The van der Waals surface area contributed by atoms with Gasteiger partial charge in [-0.25, -0.2) is 0 Å². The van der Waals surface area contributed by atoms with Crippen LogP contribution in [0.4, 0.5) is 0 Å². The van der Waals surface area contributed by atoms with Crippen molar-refractivity contribution in [1.82, 2.24) is 0 Å². The van der Waals surface area contributed by atoms with Gasteiger partial charge >= 0.3 is 0 Å². The Morgan fingerprint density at radius 1 is 1.18 bits per heavy atom. The van der Waals surface area contributed by atoms with Crippen molar-refractivity contribution in [2.75, 3.05) is 0 Å². The highest BCUT2D eigenvalue weighted by atomic mass is 16.3. The summed E-state index contributed by atoms with van der Waals surface area (Å²) in [6.07, 6.45) is 5.68. The summed E-state index contributed by atoms with van der Waals surface area (Å²) in [6.45, 7) is 0. The molecule has 2 rings (SSSR count). The van der Waals surface area contributed by atoms with Gasteiger partial charge in [0.05, 0.1) is 6.10 Å². The van der Waals surface area contributed by atoms with Gasteiger partial charge in [-0.1, -0.05) is 5.92 Å². The highest BCUT2D eigenvalue weighted by Gasteiger charge is 2.27. The van der Waals surface area contributed by atoms with Gasteiger partial charge in [-0.2, -0.15) is 0 Å². The van der Waals surface area contributed by atoms with Crippen LogP contribution in [0.5, 0.6) is 0 Å². The molecule has 60 valence electrons. The lowest BCUT2D eigenvalue weighted by Crippen LogP contribution is -2.30. The molecule has 2 aliphatic carbocycles. The van der Waals surface area contributed by atoms with Crippen LogP contribution in [0.25, 0.3) is 0 Å². The third-order valence-electron chi connectivity index (χ3n) is 2.63. The van der Waals surface area contributed by atoms with Gasteiger partial charge in [-0.3, -0.25) is 0 Å². The lowest BCUT2D eigenvalue weighted by atomic mass is 9.80. The molecule has 2 atom stereocenters. The Hall–Kier alpha value is -0.480. The second-order valence-electron chi connectivity index (χ2n) is 3.70. The summed E-state index contributed by atoms with van der Waals surface area (Å²) in [6, 6.07) is 0. The highest BCUT2D eigenvalue weighted by molar-refractivity contribution is 5.10. The fraction of sp³-hybridized carbons (Fsp3) is 0.800. The summed E-state index contributed by atoms with van der Waals surface area (Å²) in [5.41, 5.74) is 0. The second-order valence-corrected chi connectivity index (χ2v) is 3.70.